The lowest BCUT2D eigenvalue weighted by molar-refractivity contribution is 0.520. The van der Waals surface area contributed by atoms with Crippen molar-refractivity contribution in [1.29, 1.82) is 0 Å². The second-order valence-corrected chi connectivity index (χ2v) is 7.67. The molecule has 2 aromatic carbocycles. The van der Waals surface area contributed by atoms with Gasteiger partial charge in [-0.15, -0.1) is 0 Å². The van der Waals surface area contributed by atoms with Gasteiger partial charge in [-0.25, -0.2) is 12.7 Å². The molecule has 0 aliphatic carbocycles. The van der Waals surface area contributed by atoms with Gasteiger partial charge in [-0.1, -0.05) is 42.0 Å². The van der Waals surface area contributed by atoms with Crippen molar-refractivity contribution in [3.8, 4) is 0 Å². The fourth-order valence-corrected chi connectivity index (χ4v) is 2.95. The van der Waals surface area contributed by atoms with Crippen molar-refractivity contribution in [2.24, 2.45) is 0 Å². The summed E-state index contributed by atoms with van der Waals surface area (Å²) < 4.78 is 25.2. The van der Waals surface area contributed by atoms with E-state index < -0.39 is 10.0 Å². The highest BCUT2D eigenvalue weighted by Gasteiger charge is 2.16. The van der Waals surface area contributed by atoms with Crippen LogP contribution in [0.5, 0.6) is 0 Å². The predicted molar refractivity (Wildman–Crippen MR) is 89.0 cm³/mol. The molecule has 1 N–H and O–H groups in total. The lowest BCUT2D eigenvalue weighted by Gasteiger charge is -2.12. The first kappa shape index (κ1) is 16.7. The van der Waals surface area contributed by atoms with Gasteiger partial charge in [0, 0.05) is 27.2 Å². The van der Waals surface area contributed by atoms with E-state index in [2.05, 4.69) is 36.5 Å². The van der Waals surface area contributed by atoms with Gasteiger partial charge >= 0.3 is 0 Å². The molecular formula is C17H22N2O2S. The van der Waals surface area contributed by atoms with Crippen LogP contribution in [0, 0.1) is 6.92 Å². The Hall–Kier alpha value is -1.69. The molecule has 22 heavy (non-hydrogen) atoms. The van der Waals surface area contributed by atoms with Gasteiger partial charge < -0.3 is 5.32 Å². The fraction of sp³-hybridized carbons (Fsp3) is 0.294. The van der Waals surface area contributed by atoms with Crippen LogP contribution >= 0.6 is 0 Å². The molecule has 0 saturated carbocycles. The third-order valence-electron chi connectivity index (χ3n) is 3.48. The van der Waals surface area contributed by atoms with E-state index in [1.807, 2.05) is 12.1 Å². The maximum Gasteiger partial charge on any atom is 0.242 e. The summed E-state index contributed by atoms with van der Waals surface area (Å²) in [4.78, 5) is 0.319. The van der Waals surface area contributed by atoms with Crippen molar-refractivity contribution in [2.45, 2.75) is 24.9 Å². The second-order valence-electron chi connectivity index (χ2n) is 5.52. The summed E-state index contributed by atoms with van der Waals surface area (Å²) in [5.41, 5.74) is 3.55. The van der Waals surface area contributed by atoms with Crippen LogP contribution < -0.4 is 5.32 Å². The molecule has 2 aromatic rings. The van der Waals surface area contributed by atoms with Crippen molar-refractivity contribution in [3.05, 3.63) is 65.2 Å². The van der Waals surface area contributed by atoms with Crippen LogP contribution in [0.1, 0.15) is 16.7 Å². The molecule has 0 bridgehead atoms. The summed E-state index contributed by atoms with van der Waals surface area (Å²) in [7, 11) is -0.280. The highest BCUT2D eigenvalue weighted by Crippen LogP contribution is 2.14. The zero-order chi connectivity index (χ0) is 16.2. The number of nitrogens with one attached hydrogen (secondary N) is 1. The molecule has 2 rings (SSSR count). The van der Waals surface area contributed by atoms with E-state index in [1.165, 1.54) is 29.5 Å². The van der Waals surface area contributed by atoms with Crippen LogP contribution in [0.2, 0.25) is 0 Å². The topological polar surface area (TPSA) is 49.4 Å². The highest BCUT2D eigenvalue weighted by molar-refractivity contribution is 7.89. The standard InChI is InChI=1S/C17H22N2O2S/c1-14-4-6-15(7-5-14)12-18-13-16-8-10-17(11-9-16)22(20,21)19(2)3/h4-11,18H,12-13H2,1-3H3. The minimum absolute atomic E-state index is 0.319. The van der Waals surface area contributed by atoms with E-state index >= 15 is 0 Å². The molecule has 5 heteroatoms. The lowest BCUT2D eigenvalue weighted by Crippen LogP contribution is -2.22. The molecule has 0 saturated heterocycles. The lowest BCUT2D eigenvalue weighted by atomic mass is 10.1. The Bertz CT molecular complexity index is 705. The van der Waals surface area contributed by atoms with E-state index in [-0.39, 0.29) is 0 Å². The fourth-order valence-electron chi connectivity index (χ4n) is 2.05. The van der Waals surface area contributed by atoms with Gasteiger partial charge in [0.05, 0.1) is 4.90 Å². The summed E-state index contributed by atoms with van der Waals surface area (Å²) in [6.07, 6.45) is 0. The molecule has 0 radical (unpaired) electrons. The summed E-state index contributed by atoms with van der Waals surface area (Å²) in [5, 5.41) is 3.36. The smallest absolute Gasteiger partial charge is 0.242 e. The van der Waals surface area contributed by atoms with Crippen molar-refractivity contribution < 1.29 is 8.42 Å². The number of benzene rings is 2. The minimum atomic E-state index is -3.35. The Morgan fingerprint density at radius 2 is 1.32 bits per heavy atom. The maximum absolute atomic E-state index is 12.0. The Morgan fingerprint density at radius 1 is 0.864 bits per heavy atom. The van der Waals surface area contributed by atoms with E-state index in [1.54, 1.807) is 12.1 Å². The maximum atomic E-state index is 12.0. The zero-order valence-electron chi connectivity index (χ0n) is 13.2. The minimum Gasteiger partial charge on any atom is -0.309 e. The third kappa shape index (κ3) is 4.16. The quantitative estimate of drug-likeness (QED) is 0.890. The number of sulfonamides is 1. The number of nitrogens with zero attached hydrogens (tertiary/aromatic N) is 1. The van der Waals surface area contributed by atoms with Gasteiger partial charge in [0.2, 0.25) is 10.0 Å². The third-order valence-corrected chi connectivity index (χ3v) is 5.31. The van der Waals surface area contributed by atoms with Gasteiger partial charge in [0.1, 0.15) is 0 Å². The van der Waals surface area contributed by atoms with E-state index in [0.717, 1.165) is 12.1 Å². The van der Waals surface area contributed by atoms with Crippen molar-refractivity contribution >= 4 is 10.0 Å². The molecule has 0 fully saturated rings. The molecule has 0 heterocycles. The van der Waals surface area contributed by atoms with Gasteiger partial charge in [-0.3, -0.25) is 0 Å². The molecular weight excluding hydrogens is 296 g/mol. The van der Waals surface area contributed by atoms with Crippen molar-refractivity contribution in [1.82, 2.24) is 9.62 Å². The van der Waals surface area contributed by atoms with E-state index in [4.69, 9.17) is 0 Å². The molecule has 4 nitrogen and oxygen atoms in total. The average molecular weight is 318 g/mol. The Kier molecular flexibility index (Phi) is 5.34. The molecule has 0 aliphatic heterocycles. The summed E-state index contributed by atoms with van der Waals surface area (Å²) in [5.74, 6) is 0. The zero-order valence-corrected chi connectivity index (χ0v) is 14.0. The van der Waals surface area contributed by atoms with Gasteiger partial charge in [-0.2, -0.15) is 0 Å². The molecule has 0 unspecified atom stereocenters. The van der Waals surface area contributed by atoms with Gasteiger partial charge in [0.25, 0.3) is 0 Å². The summed E-state index contributed by atoms with van der Waals surface area (Å²) in [6, 6.07) is 15.4. The summed E-state index contributed by atoms with van der Waals surface area (Å²) in [6.45, 7) is 3.56. The molecule has 0 spiro atoms. The normalized spacial score (nSPS) is 11.8. The Balaban J connectivity index is 1.93. The Labute approximate surface area is 132 Å². The highest BCUT2D eigenvalue weighted by atomic mass is 32.2. The molecule has 118 valence electrons. The second kappa shape index (κ2) is 7.05. The molecule has 0 amide bonds. The van der Waals surface area contributed by atoms with E-state index in [0.29, 0.717) is 11.4 Å². The van der Waals surface area contributed by atoms with E-state index in [9.17, 15) is 8.42 Å². The van der Waals surface area contributed by atoms with Crippen molar-refractivity contribution in [3.63, 3.8) is 0 Å². The number of rotatable bonds is 6. The first-order valence-electron chi connectivity index (χ1n) is 7.17. The Morgan fingerprint density at radius 3 is 1.77 bits per heavy atom. The van der Waals surface area contributed by atoms with Crippen LogP contribution in [-0.4, -0.2) is 26.8 Å². The van der Waals surface area contributed by atoms with Crippen LogP contribution in [0.15, 0.2) is 53.4 Å². The van der Waals surface area contributed by atoms with Crippen LogP contribution in [-0.2, 0) is 23.1 Å². The average Bonchev–Trinajstić information content (AvgIpc) is 2.49. The first-order valence-corrected chi connectivity index (χ1v) is 8.61. The van der Waals surface area contributed by atoms with Crippen LogP contribution in [0.3, 0.4) is 0 Å². The first-order chi connectivity index (χ1) is 10.4. The van der Waals surface area contributed by atoms with Gasteiger partial charge in [0.15, 0.2) is 0 Å². The number of aryl methyl sites for hydroxylation is 1. The monoisotopic (exact) mass is 318 g/mol. The SMILES string of the molecule is Cc1ccc(CNCc2ccc(S(=O)(=O)N(C)C)cc2)cc1. The molecule has 0 aromatic heterocycles. The largest absolute Gasteiger partial charge is 0.309 e. The predicted octanol–water partition coefficient (Wildman–Crippen LogP) is 2.54. The molecule has 0 atom stereocenters. The van der Waals surface area contributed by atoms with Crippen molar-refractivity contribution in [2.75, 3.05) is 14.1 Å². The van der Waals surface area contributed by atoms with Crippen LogP contribution in [0.25, 0.3) is 0 Å². The number of hydrogen-bond donors (Lipinski definition) is 1. The van der Waals surface area contributed by atoms with Crippen LogP contribution in [0.4, 0.5) is 0 Å². The molecule has 0 aliphatic rings. The van der Waals surface area contributed by atoms with Gasteiger partial charge in [-0.05, 0) is 30.2 Å². The number of hydrogen-bond acceptors (Lipinski definition) is 3. The summed E-state index contributed by atoms with van der Waals surface area (Å²) >= 11 is 0.